The van der Waals surface area contributed by atoms with Crippen LogP contribution in [-0.4, -0.2) is 4.98 Å². The Morgan fingerprint density at radius 2 is 2.07 bits per heavy atom. The third-order valence-electron chi connectivity index (χ3n) is 2.05. The number of aromatic nitrogens is 1. The van der Waals surface area contributed by atoms with E-state index in [0.29, 0.717) is 10.8 Å². The van der Waals surface area contributed by atoms with Gasteiger partial charge in [-0.25, -0.2) is 4.98 Å². The molecule has 4 heteroatoms. The molecule has 0 bridgehead atoms. The standard InChI is InChI=1S/C10H8BrClN2/c1-5-2-7(11)3-6-4-8(13)10(12)14-9(5)6/h2-4H,13H2,1H3. The number of anilines is 1. The van der Waals surface area contributed by atoms with Crippen LogP contribution >= 0.6 is 27.5 Å². The van der Waals surface area contributed by atoms with Crippen LogP contribution in [-0.2, 0) is 0 Å². The largest absolute Gasteiger partial charge is 0.396 e. The molecule has 72 valence electrons. The van der Waals surface area contributed by atoms with Crippen molar-refractivity contribution in [1.82, 2.24) is 4.98 Å². The molecule has 0 amide bonds. The number of hydrogen-bond acceptors (Lipinski definition) is 2. The van der Waals surface area contributed by atoms with Crippen LogP contribution in [0.15, 0.2) is 22.7 Å². The molecule has 0 aliphatic heterocycles. The summed E-state index contributed by atoms with van der Waals surface area (Å²) in [4.78, 5) is 4.24. The van der Waals surface area contributed by atoms with Crippen molar-refractivity contribution in [2.24, 2.45) is 0 Å². The summed E-state index contributed by atoms with van der Waals surface area (Å²) >= 11 is 9.28. The smallest absolute Gasteiger partial charge is 0.152 e. The summed E-state index contributed by atoms with van der Waals surface area (Å²) in [6, 6.07) is 5.81. The molecule has 0 radical (unpaired) electrons. The Morgan fingerprint density at radius 3 is 2.79 bits per heavy atom. The zero-order valence-electron chi connectivity index (χ0n) is 7.51. The molecule has 2 aromatic rings. The Hall–Kier alpha value is -0.800. The lowest BCUT2D eigenvalue weighted by Gasteiger charge is -2.05. The average Bonchev–Trinajstić information content (AvgIpc) is 2.08. The Bertz CT molecular complexity index is 511. The minimum Gasteiger partial charge on any atom is -0.396 e. The normalized spacial score (nSPS) is 10.8. The number of benzene rings is 1. The van der Waals surface area contributed by atoms with Crippen LogP contribution in [0, 0.1) is 6.92 Å². The molecule has 0 aliphatic rings. The average molecular weight is 272 g/mol. The third kappa shape index (κ3) is 1.57. The van der Waals surface area contributed by atoms with E-state index >= 15 is 0 Å². The highest BCUT2D eigenvalue weighted by Crippen LogP contribution is 2.27. The van der Waals surface area contributed by atoms with Crippen molar-refractivity contribution in [2.45, 2.75) is 6.92 Å². The molecule has 1 aromatic carbocycles. The van der Waals surface area contributed by atoms with Crippen molar-refractivity contribution in [2.75, 3.05) is 5.73 Å². The molecule has 2 rings (SSSR count). The van der Waals surface area contributed by atoms with Crippen molar-refractivity contribution in [3.8, 4) is 0 Å². The predicted molar refractivity (Wildman–Crippen MR) is 63.6 cm³/mol. The lowest BCUT2D eigenvalue weighted by atomic mass is 10.1. The van der Waals surface area contributed by atoms with Crippen LogP contribution in [0.5, 0.6) is 0 Å². The molecule has 0 atom stereocenters. The van der Waals surface area contributed by atoms with Crippen molar-refractivity contribution < 1.29 is 0 Å². The van der Waals surface area contributed by atoms with Gasteiger partial charge in [-0.2, -0.15) is 0 Å². The minimum absolute atomic E-state index is 0.364. The summed E-state index contributed by atoms with van der Waals surface area (Å²) < 4.78 is 1.02. The molecule has 2 nitrogen and oxygen atoms in total. The zero-order chi connectivity index (χ0) is 10.3. The molecule has 2 N–H and O–H groups in total. The maximum atomic E-state index is 5.85. The number of hydrogen-bond donors (Lipinski definition) is 1. The van der Waals surface area contributed by atoms with Crippen LogP contribution in [0.4, 0.5) is 5.69 Å². The highest BCUT2D eigenvalue weighted by atomic mass is 79.9. The minimum atomic E-state index is 0.364. The van der Waals surface area contributed by atoms with Crippen molar-refractivity contribution in [3.63, 3.8) is 0 Å². The van der Waals surface area contributed by atoms with Crippen LogP contribution < -0.4 is 5.73 Å². The monoisotopic (exact) mass is 270 g/mol. The molecule has 0 saturated heterocycles. The number of fused-ring (bicyclic) bond motifs is 1. The van der Waals surface area contributed by atoms with Gasteiger partial charge in [0.05, 0.1) is 11.2 Å². The molecule has 0 spiro atoms. The number of nitrogen functional groups attached to an aromatic ring is 1. The molecule has 0 saturated carbocycles. The Balaban J connectivity index is 2.89. The first-order valence-corrected chi connectivity index (χ1v) is 5.27. The Labute approximate surface area is 95.2 Å². The van der Waals surface area contributed by atoms with Gasteiger partial charge in [-0.3, -0.25) is 0 Å². The highest BCUT2D eigenvalue weighted by molar-refractivity contribution is 9.10. The van der Waals surface area contributed by atoms with E-state index in [1.54, 1.807) is 0 Å². The van der Waals surface area contributed by atoms with Gasteiger partial charge in [0, 0.05) is 9.86 Å². The number of rotatable bonds is 0. The predicted octanol–water partition coefficient (Wildman–Crippen LogP) is 3.54. The maximum Gasteiger partial charge on any atom is 0.152 e. The van der Waals surface area contributed by atoms with E-state index in [-0.39, 0.29) is 0 Å². The van der Waals surface area contributed by atoms with E-state index < -0.39 is 0 Å². The van der Waals surface area contributed by atoms with Gasteiger partial charge in [0.1, 0.15) is 0 Å². The van der Waals surface area contributed by atoms with Gasteiger partial charge < -0.3 is 5.73 Å². The van der Waals surface area contributed by atoms with Crippen molar-refractivity contribution in [1.29, 1.82) is 0 Å². The van der Waals surface area contributed by atoms with Gasteiger partial charge >= 0.3 is 0 Å². The molecule has 0 aliphatic carbocycles. The fourth-order valence-electron chi connectivity index (χ4n) is 1.41. The number of pyridine rings is 1. The van der Waals surface area contributed by atoms with Gasteiger partial charge in [0.25, 0.3) is 0 Å². The SMILES string of the molecule is Cc1cc(Br)cc2cc(N)c(Cl)nc12. The zero-order valence-corrected chi connectivity index (χ0v) is 9.85. The second-order valence-electron chi connectivity index (χ2n) is 3.16. The van der Waals surface area contributed by atoms with Crippen LogP contribution in [0.2, 0.25) is 5.15 Å². The molecule has 1 heterocycles. The van der Waals surface area contributed by atoms with Gasteiger partial charge in [-0.05, 0) is 30.7 Å². The topological polar surface area (TPSA) is 38.9 Å². The molecule has 1 aromatic heterocycles. The number of aryl methyl sites for hydroxylation is 1. The van der Waals surface area contributed by atoms with Gasteiger partial charge in [0.2, 0.25) is 0 Å². The van der Waals surface area contributed by atoms with Crippen LogP contribution in [0.3, 0.4) is 0 Å². The van der Waals surface area contributed by atoms with E-state index in [1.807, 2.05) is 25.1 Å². The Morgan fingerprint density at radius 1 is 1.36 bits per heavy atom. The van der Waals surface area contributed by atoms with E-state index in [1.165, 1.54) is 0 Å². The van der Waals surface area contributed by atoms with E-state index in [4.69, 9.17) is 17.3 Å². The summed E-state index contributed by atoms with van der Waals surface area (Å²) in [6.07, 6.45) is 0. The van der Waals surface area contributed by atoms with Gasteiger partial charge in [-0.1, -0.05) is 27.5 Å². The first-order valence-electron chi connectivity index (χ1n) is 4.10. The summed E-state index contributed by atoms with van der Waals surface area (Å²) in [6.45, 7) is 1.99. The fraction of sp³-hybridized carbons (Fsp3) is 0.100. The van der Waals surface area contributed by atoms with E-state index in [0.717, 1.165) is 20.9 Å². The summed E-state index contributed by atoms with van der Waals surface area (Å²) in [5, 5.41) is 1.36. The Kier molecular flexibility index (Phi) is 2.37. The number of halogens is 2. The van der Waals surface area contributed by atoms with Gasteiger partial charge in [-0.15, -0.1) is 0 Å². The maximum absolute atomic E-state index is 5.85. The first kappa shape index (κ1) is 9.74. The highest BCUT2D eigenvalue weighted by Gasteiger charge is 2.04. The molecular weight excluding hydrogens is 263 g/mol. The lowest BCUT2D eigenvalue weighted by molar-refractivity contribution is 1.36. The molecule has 0 fully saturated rings. The summed E-state index contributed by atoms with van der Waals surface area (Å²) in [7, 11) is 0. The van der Waals surface area contributed by atoms with Crippen molar-refractivity contribution in [3.05, 3.63) is 33.4 Å². The van der Waals surface area contributed by atoms with E-state index in [2.05, 4.69) is 20.9 Å². The number of nitrogens with two attached hydrogens (primary N) is 1. The quantitative estimate of drug-likeness (QED) is 0.744. The summed E-state index contributed by atoms with van der Waals surface area (Å²) in [5.74, 6) is 0. The first-order chi connectivity index (χ1) is 6.58. The second kappa shape index (κ2) is 3.41. The third-order valence-corrected chi connectivity index (χ3v) is 2.81. The second-order valence-corrected chi connectivity index (χ2v) is 4.44. The van der Waals surface area contributed by atoms with Gasteiger partial charge in [0.15, 0.2) is 5.15 Å². The summed E-state index contributed by atoms with van der Waals surface area (Å²) in [5.41, 5.74) is 8.16. The molecule has 14 heavy (non-hydrogen) atoms. The fourth-order valence-corrected chi connectivity index (χ4v) is 2.14. The van der Waals surface area contributed by atoms with Crippen molar-refractivity contribution >= 4 is 44.1 Å². The van der Waals surface area contributed by atoms with Crippen LogP contribution in [0.1, 0.15) is 5.56 Å². The molecule has 0 unspecified atom stereocenters. The number of nitrogens with zero attached hydrogens (tertiary/aromatic N) is 1. The van der Waals surface area contributed by atoms with Crippen LogP contribution in [0.25, 0.3) is 10.9 Å². The van der Waals surface area contributed by atoms with E-state index in [9.17, 15) is 0 Å². The lowest BCUT2D eigenvalue weighted by Crippen LogP contribution is -1.91. The molecular formula is C10H8BrClN2.